The van der Waals surface area contributed by atoms with Crippen molar-refractivity contribution in [2.75, 3.05) is 16.3 Å². The van der Waals surface area contributed by atoms with E-state index in [0.29, 0.717) is 11.4 Å². The lowest BCUT2D eigenvalue weighted by Crippen LogP contribution is -2.14. The van der Waals surface area contributed by atoms with Gasteiger partial charge in [0.2, 0.25) is 15.9 Å². The third kappa shape index (κ3) is 4.74. The number of hydrogen-bond donors (Lipinski definition) is 2. The molecule has 2 aromatic rings. The van der Waals surface area contributed by atoms with Crippen molar-refractivity contribution >= 4 is 33.4 Å². The zero-order valence-electron chi connectivity index (χ0n) is 12.1. The van der Waals surface area contributed by atoms with Crippen LogP contribution in [0.2, 0.25) is 0 Å². The fraction of sp³-hybridized carbons (Fsp3) is 0.143. The lowest BCUT2D eigenvalue weighted by molar-refractivity contribution is -0.111. The van der Waals surface area contributed by atoms with Gasteiger partial charge in [-0.3, -0.25) is 14.2 Å². The van der Waals surface area contributed by atoms with Crippen molar-refractivity contribution in [3.8, 4) is 0 Å². The van der Waals surface area contributed by atoms with E-state index in [-0.39, 0.29) is 5.91 Å². The second-order valence-corrected chi connectivity index (χ2v) is 6.44. The summed E-state index contributed by atoms with van der Waals surface area (Å²) in [6, 6.07) is 6.56. The lowest BCUT2D eigenvalue weighted by atomic mass is 10.2. The Balaban J connectivity index is 2.10. The number of benzene rings is 1. The van der Waals surface area contributed by atoms with Crippen LogP contribution in [-0.4, -0.2) is 30.4 Å². The summed E-state index contributed by atoms with van der Waals surface area (Å²) in [5.41, 5.74) is 1.49. The number of amides is 1. The normalized spacial score (nSPS) is 11.5. The van der Waals surface area contributed by atoms with Crippen molar-refractivity contribution in [1.29, 1.82) is 0 Å². The molecule has 7 nitrogen and oxygen atoms in total. The van der Waals surface area contributed by atoms with E-state index in [1.807, 2.05) is 0 Å². The van der Waals surface area contributed by atoms with Crippen molar-refractivity contribution < 1.29 is 13.2 Å². The first-order valence-corrected chi connectivity index (χ1v) is 8.27. The van der Waals surface area contributed by atoms with Gasteiger partial charge in [0, 0.05) is 24.9 Å². The van der Waals surface area contributed by atoms with Gasteiger partial charge in [-0.05, 0) is 18.2 Å². The van der Waals surface area contributed by atoms with Crippen LogP contribution in [0.15, 0.2) is 42.7 Å². The minimum absolute atomic E-state index is 0.313. The Morgan fingerprint density at radius 1 is 1.27 bits per heavy atom. The molecule has 1 heterocycles. The van der Waals surface area contributed by atoms with Crippen LogP contribution in [0.3, 0.4) is 0 Å². The molecule has 8 heteroatoms. The van der Waals surface area contributed by atoms with Gasteiger partial charge < -0.3 is 5.32 Å². The number of anilines is 2. The smallest absolute Gasteiger partial charge is 0.248 e. The van der Waals surface area contributed by atoms with Crippen molar-refractivity contribution in [2.45, 2.75) is 0 Å². The van der Waals surface area contributed by atoms with Gasteiger partial charge in [-0.25, -0.2) is 8.42 Å². The van der Waals surface area contributed by atoms with E-state index in [0.717, 1.165) is 11.8 Å². The van der Waals surface area contributed by atoms with Gasteiger partial charge in [0.25, 0.3) is 0 Å². The first kappa shape index (κ1) is 15.8. The Kier molecular flexibility index (Phi) is 4.62. The summed E-state index contributed by atoms with van der Waals surface area (Å²) in [5, 5.41) is 6.62. The highest BCUT2D eigenvalue weighted by Gasteiger charge is 2.08. The van der Waals surface area contributed by atoms with Crippen LogP contribution in [0.5, 0.6) is 0 Å². The molecule has 116 valence electrons. The molecule has 0 saturated heterocycles. The van der Waals surface area contributed by atoms with Crippen molar-refractivity contribution in [3.63, 3.8) is 0 Å². The summed E-state index contributed by atoms with van der Waals surface area (Å²) >= 11 is 0. The Hall–Kier alpha value is -2.61. The van der Waals surface area contributed by atoms with E-state index >= 15 is 0 Å². The molecule has 0 aliphatic carbocycles. The molecule has 22 heavy (non-hydrogen) atoms. The fourth-order valence-corrected chi connectivity index (χ4v) is 2.33. The van der Waals surface area contributed by atoms with Crippen LogP contribution in [0.25, 0.3) is 6.08 Å². The van der Waals surface area contributed by atoms with Gasteiger partial charge in [-0.2, -0.15) is 5.10 Å². The highest BCUT2D eigenvalue weighted by molar-refractivity contribution is 7.92. The molecule has 0 fully saturated rings. The van der Waals surface area contributed by atoms with Crippen LogP contribution in [-0.2, 0) is 21.9 Å². The summed E-state index contributed by atoms with van der Waals surface area (Å²) in [5.74, 6) is -0.369. The molecule has 2 rings (SSSR count). The molecular formula is C14H16N4O3S. The van der Waals surface area contributed by atoms with E-state index in [2.05, 4.69) is 15.1 Å². The Morgan fingerprint density at radius 3 is 2.55 bits per heavy atom. The summed E-state index contributed by atoms with van der Waals surface area (Å²) in [4.78, 5) is 11.9. The van der Waals surface area contributed by atoms with Crippen LogP contribution >= 0.6 is 0 Å². The predicted molar refractivity (Wildman–Crippen MR) is 85.8 cm³/mol. The summed E-state index contributed by atoms with van der Waals surface area (Å²) in [6.45, 7) is 0. The first-order valence-electron chi connectivity index (χ1n) is 6.38. The maximum atomic E-state index is 11.9. The fourth-order valence-electron chi connectivity index (χ4n) is 1.75. The minimum Gasteiger partial charge on any atom is -0.321 e. The predicted octanol–water partition coefficient (Wildman–Crippen LogP) is 1.44. The summed E-state index contributed by atoms with van der Waals surface area (Å²) in [7, 11) is -1.64. The monoisotopic (exact) mass is 320 g/mol. The summed E-state index contributed by atoms with van der Waals surface area (Å²) < 4.78 is 26.6. The molecular weight excluding hydrogens is 304 g/mol. The maximum Gasteiger partial charge on any atom is 0.248 e. The van der Waals surface area contributed by atoms with Gasteiger partial charge in [0.05, 0.1) is 23.8 Å². The second kappa shape index (κ2) is 6.44. The highest BCUT2D eigenvalue weighted by Crippen LogP contribution is 2.21. The van der Waals surface area contributed by atoms with Gasteiger partial charge in [-0.1, -0.05) is 12.1 Å². The number of sulfonamides is 1. The van der Waals surface area contributed by atoms with E-state index in [1.54, 1.807) is 54.5 Å². The largest absolute Gasteiger partial charge is 0.321 e. The van der Waals surface area contributed by atoms with Crippen LogP contribution in [0.1, 0.15) is 5.56 Å². The molecule has 0 aliphatic rings. The molecule has 0 saturated carbocycles. The van der Waals surface area contributed by atoms with Crippen molar-refractivity contribution in [2.24, 2.45) is 7.05 Å². The van der Waals surface area contributed by atoms with Gasteiger partial charge in [0.15, 0.2) is 0 Å². The molecule has 0 spiro atoms. The molecule has 0 atom stereocenters. The number of rotatable bonds is 5. The van der Waals surface area contributed by atoms with Crippen LogP contribution in [0, 0.1) is 0 Å². The van der Waals surface area contributed by atoms with E-state index in [1.165, 1.54) is 6.08 Å². The standard InChI is InChI=1S/C14H16N4O3S/c1-18-10-11(9-15-18)7-8-14(19)16-12-5-3-4-6-13(12)17-22(2,20)21/h3-10,17H,1-2H3,(H,16,19)/b8-7+. The molecule has 2 N–H and O–H groups in total. The zero-order chi connectivity index (χ0) is 16.2. The third-order valence-corrected chi connectivity index (χ3v) is 3.22. The van der Waals surface area contributed by atoms with Crippen LogP contribution < -0.4 is 10.0 Å². The number of nitrogens with zero attached hydrogens (tertiary/aromatic N) is 2. The SMILES string of the molecule is Cn1cc(/C=C/C(=O)Nc2ccccc2NS(C)(=O)=O)cn1. The molecule has 1 aromatic carbocycles. The van der Waals surface area contributed by atoms with Gasteiger partial charge in [0.1, 0.15) is 0 Å². The molecule has 0 bridgehead atoms. The number of carbonyl (C=O) groups is 1. The highest BCUT2D eigenvalue weighted by atomic mass is 32.2. The Morgan fingerprint density at radius 2 is 1.95 bits per heavy atom. The Bertz CT molecular complexity index is 809. The second-order valence-electron chi connectivity index (χ2n) is 4.69. The zero-order valence-corrected chi connectivity index (χ0v) is 13.0. The van der Waals surface area contributed by atoms with Crippen molar-refractivity contribution in [3.05, 3.63) is 48.3 Å². The maximum absolute atomic E-state index is 11.9. The molecule has 0 unspecified atom stereocenters. The van der Waals surface area contributed by atoms with E-state index in [9.17, 15) is 13.2 Å². The molecule has 1 aromatic heterocycles. The number of nitrogens with one attached hydrogen (secondary N) is 2. The number of aromatic nitrogens is 2. The van der Waals surface area contributed by atoms with E-state index < -0.39 is 10.0 Å². The number of para-hydroxylation sites is 2. The average molecular weight is 320 g/mol. The number of carbonyl (C=O) groups excluding carboxylic acids is 1. The van der Waals surface area contributed by atoms with E-state index in [4.69, 9.17) is 0 Å². The lowest BCUT2D eigenvalue weighted by Gasteiger charge is -2.10. The van der Waals surface area contributed by atoms with Crippen molar-refractivity contribution in [1.82, 2.24) is 9.78 Å². The van der Waals surface area contributed by atoms with Gasteiger partial charge in [-0.15, -0.1) is 0 Å². The third-order valence-electron chi connectivity index (χ3n) is 2.63. The average Bonchev–Trinajstić information content (AvgIpc) is 2.83. The number of hydrogen-bond acceptors (Lipinski definition) is 4. The molecule has 0 aliphatic heterocycles. The first-order chi connectivity index (χ1) is 10.3. The molecule has 1 amide bonds. The Labute approximate surface area is 128 Å². The minimum atomic E-state index is -3.42. The topological polar surface area (TPSA) is 93.1 Å². The summed E-state index contributed by atoms with van der Waals surface area (Å²) in [6.07, 6.45) is 7.42. The quantitative estimate of drug-likeness (QED) is 0.815. The van der Waals surface area contributed by atoms with Gasteiger partial charge >= 0.3 is 0 Å². The molecule has 0 radical (unpaired) electrons. The van der Waals surface area contributed by atoms with Crippen LogP contribution in [0.4, 0.5) is 11.4 Å². The number of aryl methyl sites for hydroxylation is 1.